The van der Waals surface area contributed by atoms with Gasteiger partial charge < -0.3 is 4.42 Å². The molecule has 3 aromatic heterocycles. The molecule has 6 heteroatoms. The van der Waals surface area contributed by atoms with Crippen LogP contribution in [0.5, 0.6) is 0 Å². The fourth-order valence-electron chi connectivity index (χ4n) is 6.29. The molecule has 0 saturated heterocycles. The minimum Gasteiger partial charge on any atom is -0.452 e. The Kier molecular flexibility index (Phi) is 7.02. The number of furan rings is 1. The predicted octanol–water partition coefficient (Wildman–Crippen LogP) is 10.6. The molecule has 9 aromatic rings. The SMILES string of the molecule is c1ccc(-c2cccc(-c3nc(-c4cccc(-c5ccccc5)c4)nc(-c4cccc(-c5cccc6c5oc5cncnc56)c4)n3)c2)cc1. The van der Waals surface area contributed by atoms with Crippen molar-refractivity contribution >= 4 is 22.1 Å². The van der Waals surface area contributed by atoms with Crippen LogP contribution in [0.2, 0.25) is 0 Å². The van der Waals surface area contributed by atoms with Crippen LogP contribution < -0.4 is 0 Å². The summed E-state index contributed by atoms with van der Waals surface area (Å²) >= 11 is 0. The van der Waals surface area contributed by atoms with Crippen LogP contribution in [0.4, 0.5) is 0 Å². The van der Waals surface area contributed by atoms with E-state index in [1.807, 2.05) is 60.7 Å². The molecule has 0 aliphatic carbocycles. The monoisotopic (exact) mass is 629 g/mol. The quantitative estimate of drug-likeness (QED) is 0.182. The Morgan fingerprint density at radius 2 is 0.878 bits per heavy atom. The molecule has 0 saturated carbocycles. The van der Waals surface area contributed by atoms with Gasteiger partial charge >= 0.3 is 0 Å². The van der Waals surface area contributed by atoms with Gasteiger partial charge in [0.05, 0.1) is 6.20 Å². The summed E-state index contributed by atoms with van der Waals surface area (Å²) < 4.78 is 6.27. The standard InChI is InChI=1S/C43H27N5O/c1-3-11-28(12-4-1)30-15-7-18-33(23-30)41-46-42(34-19-8-16-31(24-34)29-13-5-2-6-14-29)48-43(47-41)35-20-9-17-32(25-35)36-21-10-22-37-39-38(49-40(36)37)26-44-27-45-39/h1-27H. The van der Waals surface area contributed by atoms with Crippen LogP contribution in [0.1, 0.15) is 0 Å². The average Bonchev–Trinajstić information content (AvgIpc) is 3.58. The van der Waals surface area contributed by atoms with Crippen LogP contribution >= 0.6 is 0 Å². The first-order chi connectivity index (χ1) is 24.3. The Labute approximate surface area is 282 Å². The molecule has 0 N–H and O–H groups in total. The summed E-state index contributed by atoms with van der Waals surface area (Å²) in [6.45, 7) is 0. The van der Waals surface area contributed by atoms with Crippen molar-refractivity contribution in [1.82, 2.24) is 24.9 Å². The van der Waals surface area contributed by atoms with E-state index in [0.717, 1.165) is 66.6 Å². The fraction of sp³-hybridized carbons (Fsp3) is 0. The highest BCUT2D eigenvalue weighted by atomic mass is 16.3. The molecule has 0 unspecified atom stereocenters. The van der Waals surface area contributed by atoms with E-state index in [4.69, 9.17) is 19.4 Å². The Morgan fingerprint density at radius 1 is 0.408 bits per heavy atom. The van der Waals surface area contributed by atoms with E-state index in [-0.39, 0.29) is 0 Å². The van der Waals surface area contributed by atoms with E-state index in [9.17, 15) is 0 Å². The van der Waals surface area contributed by atoms with Gasteiger partial charge in [-0.3, -0.25) is 0 Å². The number of para-hydroxylation sites is 1. The molecule has 6 aromatic carbocycles. The molecule has 49 heavy (non-hydrogen) atoms. The van der Waals surface area contributed by atoms with E-state index in [1.165, 1.54) is 0 Å². The van der Waals surface area contributed by atoms with Crippen molar-refractivity contribution in [2.45, 2.75) is 0 Å². The summed E-state index contributed by atoms with van der Waals surface area (Å²) in [6, 6.07) is 51.8. The Hall–Kier alpha value is -6.79. The molecule has 6 nitrogen and oxygen atoms in total. The van der Waals surface area contributed by atoms with Crippen LogP contribution in [0.3, 0.4) is 0 Å². The molecule has 0 aliphatic rings. The van der Waals surface area contributed by atoms with Gasteiger partial charge in [0.1, 0.15) is 17.4 Å². The third-order valence-corrected chi connectivity index (χ3v) is 8.68. The molecule has 0 fully saturated rings. The normalized spacial score (nSPS) is 11.3. The molecular formula is C43H27N5O. The van der Waals surface area contributed by atoms with Crippen LogP contribution in [-0.2, 0) is 0 Å². The summed E-state index contributed by atoms with van der Waals surface area (Å²) in [5, 5.41) is 0.946. The first kappa shape index (κ1) is 28.4. The maximum Gasteiger partial charge on any atom is 0.172 e. The third kappa shape index (κ3) is 5.41. The van der Waals surface area contributed by atoms with E-state index in [0.29, 0.717) is 23.1 Å². The van der Waals surface area contributed by atoms with Crippen molar-refractivity contribution in [3.63, 3.8) is 0 Å². The van der Waals surface area contributed by atoms with Crippen molar-refractivity contribution in [3.05, 3.63) is 164 Å². The zero-order valence-electron chi connectivity index (χ0n) is 26.2. The highest BCUT2D eigenvalue weighted by Crippen LogP contribution is 2.36. The lowest BCUT2D eigenvalue weighted by Gasteiger charge is -2.11. The molecule has 0 atom stereocenters. The lowest BCUT2D eigenvalue weighted by Crippen LogP contribution is -2.00. The van der Waals surface area contributed by atoms with Gasteiger partial charge in [0.15, 0.2) is 23.1 Å². The molecule has 9 rings (SSSR count). The van der Waals surface area contributed by atoms with Crippen LogP contribution in [0.15, 0.2) is 169 Å². The minimum atomic E-state index is 0.583. The minimum absolute atomic E-state index is 0.583. The summed E-state index contributed by atoms with van der Waals surface area (Å²) in [4.78, 5) is 23.8. The first-order valence-corrected chi connectivity index (χ1v) is 16.1. The molecule has 0 bridgehead atoms. The molecule has 0 aliphatic heterocycles. The first-order valence-electron chi connectivity index (χ1n) is 16.1. The number of hydrogen-bond acceptors (Lipinski definition) is 6. The van der Waals surface area contributed by atoms with Crippen molar-refractivity contribution in [2.75, 3.05) is 0 Å². The van der Waals surface area contributed by atoms with Crippen molar-refractivity contribution in [3.8, 4) is 67.5 Å². The second-order valence-corrected chi connectivity index (χ2v) is 11.8. The molecule has 0 amide bonds. The number of hydrogen-bond donors (Lipinski definition) is 0. The van der Waals surface area contributed by atoms with E-state index < -0.39 is 0 Å². The van der Waals surface area contributed by atoms with Crippen LogP contribution in [-0.4, -0.2) is 24.9 Å². The van der Waals surface area contributed by atoms with Crippen molar-refractivity contribution in [1.29, 1.82) is 0 Å². The van der Waals surface area contributed by atoms with Gasteiger partial charge in [0.25, 0.3) is 0 Å². The topological polar surface area (TPSA) is 77.6 Å². The maximum absolute atomic E-state index is 6.27. The largest absolute Gasteiger partial charge is 0.452 e. The zero-order chi connectivity index (χ0) is 32.6. The van der Waals surface area contributed by atoms with Gasteiger partial charge in [0, 0.05) is 27.6 Å². The molecule has 230 valence electrons. The smallest absolute Gasteiger partial charge is 0.172 e. The zero-order valence-corrected chi connectivity index (χ0v) is 26.2. The molecule has 0 radical (unpaired) electrons. The third-order valence-electron chi connectivity index (χ3n) is 8.68. The van der Waals surface area contributed by atoms with Gasteiger partial charge in [-0.2, -0.15) is 0 Å². The summed E-state index contributed by atoms with van der Waals surface area (Å²) in [7, 11) is 0. The maximum atomic E-state index is 6.27. The summed E-state index contributed by atoms with van der Waals surface area (Å²) in [6.07, 6.45) is 3.25. The summed E-state index contributed by atoms with van der Waals surface area (Å²) in [5.74, 6) is 1.79. The lowest BCUT2D eigenvalue weighted by atomic mass is 10.0. The Bertz CT molecular complexity index is 2510. The lowest BCUT2D eigenvalue weighted by molar-refractivity contribution is 0.666. The number of nitrogens with zero attached hydrogens (tertiary/aromatic N) is 5. The van der Waals surface area contributed by atoms with E-state index in [2.05, 4.69) is 101 Å². The van der Waals surface area contributed by atoms with Gasteiger partial charge in [-0.25, -0.2) is 24.9 Å². The predicted molar refractivity (Wildman–Crippen MR) is 195 cm³/mol. The Morgan fingerprint density at radius 3 is 1.45 bits per heavy atom. The van der Waals surface area contributed by atoms with Crippen LogP contribution in [0.25, 0.3) is 89.6 Å². The second-order valence-electron chi connectivity index (χ2n) is 11.8. The second kappa shape index (κ2) is 12.1. The van der Waals surface area contributed by atoms with Gasteiger partial charge in [-0.15, -0.1) is 0 Å². The number of benzene rings is 6. The fourth-order valence-corrected chi connectivity index (χ4v) is 6.29. The number of fused-ring (bicyclic) bond motifs is 3. The van der Waals surface area contributed by atoms with Gasteiger partial charge in [0.2, 0.25) is 0 Å². The average molecular weight is 630 g/mol. The molecule has 3 heterocycles. The Balaban J connectivity index is 1.20. The highest BCUT2D eigenvalue weighted by molar-refractivity contribution is 6.07. The summed E-state index contributed by atoms with van der Waals surface area (Å²) in [5.41, 5.74) is 11.3. The van der Waals surface area contributed by atoms with E-state index in [1.54, 1.807) is 12.5 Å². The molecule has 0 spiro atoms. The van der Waals surface area contributed by atoms with E-state index >= 15 is 0 Å². The van der Waals surface area contributed by atoms with Crippen LogP contribution in [0, 0.1) is 0 Å². The highest BCUT2D eigenvalue weighted by Gasteiger charge is 2.17. The van der Waals surface area contributed by atoms with Gasteiger partial charge in [-0.05, 0) is 52.1 Å². The number of aromatic nitrogens is 5. The van der Waals surface area contributed by atoms with Crippen molar-refractivity contribution < 1.29 is 4.42 Å². The molecular weight excluding hydrogens is 603 g/mol. The van der Waals surface area contributed by atoms with Crippen molar-refractivity contribution in [2.24, 2.45) is 0 Å². The number of rotatable bonds is 6. The van der Waals surface area contributed by atoms with Gasteiger partial charge in [-0.1, -0.05) is 127 Å².